The van der Waals surface area contributed by atoms with Crippen LogP contribution in [0.2, 0.25) is 0 Å². The Bertz CT molecular complexity index is 1210. The lowest BCUT2D eigenvalue weighted by Crippen LogP contribution is -2.55. The van der Waals surface area contributed by atoms with Gasteiger partial charge in [0.25, 0.3) is 0 Å². The molecule has 0 aliphatic carbocycles. The number of hydrogen-bond donors (Lipinski definition) is 3. The molecule has 38 heavy (non-hydrogen) atoms. The van der Waals surface area contributed by atoms with Gasteiger partial charge in [0, 0.05) is 54.1 Å². The second-order valence-corrected chi connectivity index (χ2v) is 9.74. The molecule has 2 atom stereocenters. The van der Waals surface area contributed by atoms with Gasteiger partial charge in [-0.3, -0.25) is 10.6 Å². The average Bonchev–Trinajstić information content (AvgIpc) is 3.51. The van der Waals surface area contributed by atoms with Gasteiger partial charge in [-0.1, -0.05) is 0 Å². The monoisotopic (exact) mass is 524 g/mol. The zero-order valence-corrected chi connectivity index (χ0v) is 23.4. The predicted octanol–water partition coefficient (Wildman–Crippen LogP) is 1.59. The number of rotatable bonds is 8. The van der Waals surface area contributed by atoms with Crippen LogP contribution < -0.4 is 16.0 Å². The average molecular weight is 525 g/mol. The van der Waals surface area contributed by atoms with Crippen LogP contribution >= 0.6 is 0 Å². The summed E-state index contributed by atoms with van der Waals surface area (Å²) < 4.78 is 11.6. The van der Waals surface area contributed by atoms with E-state index in [9.17, 15) is 0 Å². The normalized spacial score (nSPS) is 18.9. The largest absolute Gasteiger partial charge is 0.466 e. The van der Waals surface area contributed by atoms with Crippen LogP contribution in [-0.2, 0) is 12.8 Å². The van der Waals surface area contributed by atoms with Gasteiger partial charge in [0.05, 0.1) is 6.54 Å². The van der Waals surface area contributed by atoms with Crippen molar-refractivity contribution in [3.63, 3.8) is 0 Å². The van der Waals surface area contributed by atoms with Gasteiger partial charge in [-0.25, -0.2) is 20.0 Å². The first-order chi connectivity index (χ1) is 18.2. The molecule has 4 heterocycles. The van der Waals surface area contributed by atoms with Crippen molar-refractivity contribution in [2.45, 2.75) is 45.9 Å². The van der Waals surface area contributed by atoms with Crippen LogP contribution in [0.5, 0.6) is 0 Å². The Morgan fingerprint density at radius 2 is 1.45 bits per heavy atom. The number of furan rings is 2. The van der Waals surface area contributed by atoms with E-state index in [-0.39, 0.29) is 12.3 Å². The number of nitrogens with one attached hydrogen (secondary N) is 3. The second-order valence-electron chi connectivity index (χ2n) is 9.74. The molecule has 2 unspecified atom stereocenters. The van der Waals surface area contributed by atoms with E-state index >= 15 is 0 Å². The summed E-state index contributed by atoms with van der Waals surface area (Å²) in [5, 5.41) is 9.83. The summed E-state index contributed by atoms with van der Waals surface area (Å²) in [6, 6.07) is 8.01. The zero-order valence-electron chi connectivity index (χ0n) is 23.4. The third-order valence-corrected chi connectivity index (χ3v) is 6.24. The quantitative estimate of drug-likeness (QED) is 0.476. The molecule has 0 saturated heterocycles. The first-order valence-corrected chi connectivity index (χ1v) is 13.0. The smallest absolute Gasteiger partial charge is 0.203 e. The lowest BCUT2D eigenvalue weighted by atomic mass is 10.3. The van der Waals surface area contributed by atoms with Gasteiger partial charge >= 0.3 is 0 Å². The molecule has 206 valence electrons. The van der Waals surface area contributed by atoms with Gasteiger partial charge in [0.15, 0.2) is 12.1 Å². The van der Waals surface area contributed by atoms with Crippen molar-refractivity contribution in [3.8, 4) is 0 Å². The molecule has 2 aromatic rings. The lowest BCUT2D eigenvalue weighted by molar-refractivity contribution is 0.356. The number of aryl methyl sites for hydroxylation is 2. The number of aliphatic imine (C=N–C) groups is 4. The van der Waals surface area contributed by atoms with Crippen LogP contribution in [0.1, 0.15) is 30.0 Å². The van der Waals surface area contributed by atoms with Crippen molar-refractivity contribution in [2.24, 2.45) is 20.0 Å². The summed E-state index contributed by atoms with van der Waals surface area (Å²) in [6.07, 6.45) is 0.963. The molecule has 0 radical (unpaired) electrons. The predicted molar refractivity (Wildman–Crippen MR) is 151 cm³/mol. The van der Waals surface area contributed by atoms with E-state index in [2.05, 4.69) is 30.7 Å². The molecule has 0 bridgehead atoms. The summed E-state index contributed by atoms with van der Waals surface area (Å²) >= 11 is 0. The Morgan fingerprint density at radius 3 is 2.03 bits per heavy atom. The van der Waals surface area contributed by atoms with Crippen LogP contribution in [-0.4, -0.2) is 98.7 Å². The summed E-state index contributed by atoms with van der Waals surface area (Å²) in [5.41, 5.74) is 0. The van der Waals surface area contributed by atoms with Gasteiger partial charge in [0.1, 0.15) is 29.2 Å². The molecule has 0 fully saturated rings. The Labute approximate surface area is 224 Å². The van der Waals surface area contributed by atoms with E-state index in [1.807, 2.05) is 78.1 Å². The standard InChI is InChI=1S/C26H40N10O2/c1-17-8-10-20(37-17)12-14-35(7)25-31-22(30-23(27-4)32-25)16-36(15-13-21-11-9-18(2)38-21)26-29-19(3)28-24(33-26)34(5)6/h8-11,19,22H,12-16H2,1-7H3,(H,28,29,33)(H2,27,30,31,32). The van der Waals surface area contributed by atoms with Crippen LogP contribution in [0.4, 0.5) is 0 Å². The second kappa shape index (κ2) is 12.1. The highest BCUT2D eigenvalue weighted by molar-refractivity contribution is 6.01. The van der Waals surface area contributed by atoms with Crippen LogP contribution in [0.3, 0.4) is 0 Å². The van der Waals surface area contributed by atoms with Gasteiger partial charge in [-0.15, -0.1) is 0 Å². The first kappa shape index (κ1) is 27.1. The first-order valence-electron chi connectivity index (χ1n) is 13.0. The summed E-state index contributed by atoms with van der Waals surface area (Å²) in [7, 11) is 7.79. The maximum absolute atomic E-state index is 5.83. The van der Waals surface area contributed by atoms with Gasteiger partial charge < -0.3 is 28.9 Å². The fourth-order valence-corrected chi connectivity index (χ4v) is 4.18. The molecule has 4 rings (SSSR count). The van der Waals surface area contributed by atoms with Crippen molar-refractivity contribution in [3.05, 3.63) is 47.3 Å². The third kappa shape index (κ3) is 7.08. The molecule has 0 amide bonds. The number of hydrogen-bond acceptors (Lipinski definition) is 12. The van der Waals surface area contributed by atoms with Gasteiger partial charge in [-0.05, 0) is 45.0 Å². The Balaban J connectivity index is 1.51. The van der Waals surface area contributed by atoms with Gasteiger partial charge in [-0.2, -0.15) is 0 Å². The molecule has 0 aromatic carbocycles. The highest BCUT2D eigenvalue weighted by Gasteiger charge is 2.26. The fraction of sp³-hybridized carbons (Fsp3) is 0.538. The van der Waals surface area contributed by atoms with Crippen molar-refractivity contribution in [2.75, 3.05) is 47.8 Å². The summed E-state index contributed by atoms with van der Waals surface area (Å²) in [5.74, 6) is 6.64. The Kier molecular flexibility index (Phi) is 8.59. The summed E-state index contributed by atoms with van der Waals surface area (Å²) in [4.78, 5) is 25.3. The molecule has 2 aliphatic rings. The van der Waals surface area contributed by atoms with E-state index in [1.165, 1.54) is 0 Å². The van der Waals surface area contributed by atoms with E-state index < -0.39 is 0 Å². The molecule has 12 heteroatoms. The van der Waals surface area contributed by atoms with Crippen LogP contribution in [0.15, 0.2) is 53.1 Å². The molecule has 2 aliphatic heterocycles. The minimum atomic E-state index is -0.346. The van der Waals surface area contributed by atoms with Crippen LogP contribution in [0, 0.1) is 13.8 Å². The SMILES string of the molecule is CNC1=NC(CN(CCc2ccc(C)o2)C2=NC(C)N=C(N(C)C)N2)N=C(N(C)CCc2ccc(C)o2)N1. The number of guanidine groups is 4. The molecule has 12 nitrogen and oxygen atoms in total. The number of nitrogens with zero attached hydrogens (tertiary/aromatic N) is 7. The van der Waals surface area contributed by atoms with E-state index in [4.69, 9.17) is 23.8 Å². The van der Waals surface area contributed by atoms with Crippen molar-refractivity contribution in [1.29, 1.82) is 0 Å². The molecular formula is C26H40N10O2. The Hall–Kier alpha value is -3.96. The Morgan fingerprint density at radius 1 is 0.816 bits per heavy atom. The molecule has 3 N–H and O–H groups in total. The zero-order chi connectivity index (χ0) is 27.2. The minimum absolute atomic E-state index is 0.197. The van der Waals surface area contributed by atoms with Crippen molar-refractivity contribution >= 4 is 23.8 Å². The van der Waals surface area contributed by atoms with E-state index in [0.29, 0.717) is 19.0 Å². The van der Waals surface area contributed by atoms with Crippen molar-refractivity contribution < 1.29 is 8.83 Å². The highest BCUT2D eigenvalue weighted by Crippen LogP contribution is 2.13. The highest BCUT2D eigenvalue weighted by atomic mass is 16.3. The van der Waals surface area contributed by atoms with Crippen molar-refractivity contribution in [1.82, 2.24) is 30.7 Å². The van der Waals surface area contributed by atoms with Gasteiger partial charge in [0.2, 0.25) is 17.9 Å². The minimum Gasteiger partial charge on any atom is -0.466 e. The maximum Gasteiger partial charge on any atom is 0.203 e. The fourth-order valence-electron chi connectivity index (χ4n) is 4.18. The molecule has 0 saturated carbocycles. The van der Waals surface area contributed by atoms with Crippen LogP contribution in [0.25, 0.3) is 0 Å². The third-order valence-electron chi connectivity index (χ3n) is 6.24. The summed E-state index contributed by atoms with van der Waals surface area (Å²) in [6.45, 7) is 7.85. The molecule has 2 aromatic heterocycles. The number of likely N-dealkylation sites (N-methyl/N-ethyl adjacent to an activating group) is 1. The van der Waals surface area contributed by atoms with E-state index in [1.54, 1.807) is 0 Å². The topological polar surface area (TPSA) is 122 Å². The maximum atomic E-state index is 5.83. The van der Waals surface area contributed by atoms with E-state index in [0.717, 1.165) is 60.3 Å². The molecular weight excluding hydrogens is 484 g/mol. The lowest BCUT2D eigenvalue weighted by Gasteiger charge is -2.34. The molecule has 0 spiro atoms.